The number of rotatable bonds is 8. The van der Waals surface area contributed by atoms with Crippen molar-refractivity contribution in [2.75, 3.05) is 29.9 Å². The van der Waals surface area contributed by atoms with Gasteiger partial charge in [0, 0.05) is 30.2 Å². The van der Waals surface area contributed by atoms with E-state index in [4.69, 9.17) is 0 Å². The minimum Gasteiger partial charge on any atom is -0.299 e. The highest BCUT2D eigenvalue weighted by molar-refractivity contribution is 9.09. The van der Waals surface area contributed by atoms with E-state index in [2.05, 4.69) is 20.8 Å². The van der Waals surface area contributed by atoms with E-state index in [0.717, 1.165) is 18.3 Å². The first-order valence-electron chi connectivity index (χ1n) is 6.59. The summed E-state index contributed by atoms with van der Waals surface area (Å²) in [6, 6.07) is 0.615. The van der Waals surface area contributed by atoms with Crippen molar-refractivity contribution < 1.29 is 8.42 Å². The molecule has 0 amide bonds. The average molecular weight is 326 g/mol. The van der Waals surface area contributed by atoms with E-state index in [9.17, 15) is 8.42 Å². The highest BCUT2D eigenvalue weighted by Gasteiger charge is 2.23. The van der Waals surface area contributed by atoms with E-state index in [1.165, 1.54) is 25.7 Å². The Morgan fingerprint density at radius 1 is 1.18 bits per heavy atom. The van der Waals surface area contributed by atoms with Crippen LogP contribution in [0.5, 0.6) is 0 Å². The summed E-state index contributed by atoms with van der Waals surface area (Å²) in [4.78, 5) is 2.36. The molecular weight excluding hydrogens is 302 g/mol. The van der Waals surface area contributed by atoms with Crippen LogP contribution in [0.15, 0.2) is 0 Å². The fraction of sp³-hybridized carbons (Fsp3) is 1.00. The molecule has 3 nitrogen and oxygen atoms in total. The average Bonchev–Trinajstić information content (AvgIpc) is 2.77. The summed E-state index contributed by atoms with van der Waals surface area (Å²) in [5.74, 6) is 0.657. The molecule has 0 radical (unpaired) electrons. The Hall–Kier alpha value is 0.390. The number of nitrogens with zero attached hydrogens (tertiary/aromatic N) is 1. The van der Waals surface area contributed by atoms with Gasteiger partial charge in [0.15, 0.2) is 9.84 Å². The minimum absolute atomic E-state index is 0.324. The van der Waals surface area contributed by atoms with Crippen LogP contribution in [-0.2, 0) is 9.84 Å². The normalized spacial score (nSPS) is 18.1. The Morgan fingerprint density at radius 2 is 1.82 bits per heavy atom. The first-order chi connectivity index (χ1) is 8.09. The van der Waals surface area contributed by atoms with Crippen molar-refractivity contribution in [3.05, 3.63) is 0 Å². The molecule has 0 saturated heterocycles. The Bertz CT molecular complexity index is 300. The summed E-state index contributed by atoms with van der Waals surface area (Å²) in [5, 5.41) is 0.928. The predicted octanol–water partition coefficient (Wildman–Crippen LogP) is 2.45. The molecule has 0 aliphatic heterocycles. The Morgan fingerprint density at radius 3 is 2.35 bits per heavy atom. The molecule has 0 bridgehead atoms. The molecule has 1 fully saturated rings. The summed E-state index contributed by atoms with van der Waals surface area (Å²) in [7, 11) is -2.83. The van der Waals surface area contributed by atoms with E-state index in [1.54, 1.807) is 0 Å². The lowest BCUT2D eigenvalue weighted by atomic mass is 10.2. The molecule has 17 heavy (non-hydrogen) atoms. The molecule has 0 spiro atoms. The van der Waals surface area contributed by atoms with Gasteiger partial charge in [-0.15, -0.1) is 0 Å². The highest BCUT2D eigenvalue weighted by atomic mass is 79.9. The van der Waals surface area contributed by atoms with Gasteiger partial charge < -0.3 is 0 Å². The topological polar surface area (TPSA) is 37.4 Å². The smallest absolute Gasteiger partial charge is 0.151 e. The van der Waals surface area contributed by atoms with E-state index < -0.39 is 9.84 Å². The lowest BCUT2D eigenvalue weighted by Gasteiger charge is -2.27. The van der Waals surface area contributed by atoms with Gasteiger partial charge in [0.25, 0.3) is 0 Å². The molecule has 0 heterocycles. The van der Waals surface area contributed by atoms with Gasteiger partial charge in [0.05, 0.1) is 5.75 Å². The molecule has 0 aromatic heterocycles. The number of halogens is 1. The lowest BCUT2D eigenvalue weighted by molar-refractivity contribution is 0.223. The maximum absolute atomic E-state index is 11.7. The maximum atomic E-state index is 11.7. The van der Waals surface area contributed by atoms with Crippen LogP contribution in [0, 0.1) is 0 Å². The molecular formula is C12H24BrNO2S. The molecule has 5 heteroatoms. The summed E-state index contributed by atoms with van der Waals surface area (Å²) >= 11 is 3.46. The third-order valence-electron chi connectivity index (χ3n) is 3.42. The Kier molecular flexibility index (Phi) is 7.04. The van der Waals surface area contributed by atoms with Crippen molar-refractivity contribution in [1.29, 1.82) is 0 Å². The molecule has 1 rings (SSSR count). The van der Waals surface area contributed by atoms with Gasteiger partial charge in [-0.25, -0.2) is 8.42 Å². The molecule has 0 unspecified atom stereocenters. The second-order valence-electron chi connectivity index (χ2n) is 4.82. The van der Waals surface area contributed by atoms with Crippen LogP contribution < -0.4 is 0 Å². The van der Waals surface area contributed by atoms with Gasteiger partial charge >= 0.3 is 0 Å². The molecule has 0 aromatic rings. The molecule has 1 aliphatic carbocycles. The number of hydrogen-bond donors (Lipinski definition) is 0. The number of alkyl halides is 1. The Balaban J connectivity index is 2.43. The number of hydrogen-bond acceptors (Lipinski definition) is 3. The minimum atomic E-state index is -2.83. The van der Waals surface area contributed by atoms with Gasteiger partial charge in [-0.05, 0) is 19.3 Å². The largest absolute Gasteiger partial charge is 0.299 e. The highest BCUT2D eigenvalue weighted by Crippen LogP contribution is 2.23. The third kappa shape index (κ3) is 5.71. The second-order valence-corrected chi connectivity index (χ2v) is 7.91. The number of sulfone groups is 1. The standard InChI is InChI=1S/C12H24BrNO2S/c1-2-10-17(15,16)11-9-14(8-7-13)12-5-3-4-6-12/h12H,2-11H2,1H3. The van der Waals surface area contributed by atoms with Crippen molar-refractivity contribution in [3.8, 4) is 0 Å². The van der Waals surface area contributed by atoms with Crippen LogP contribution in [-0.4, -0.2) is 49.3 Å². The van der Waals surface area contributed by atoms with E-state index >= 15 is 0 Å². The molecule has 0 aromatic carbocycles. The molecule has 1 aliphatic rings. The zero-order valence-corrected chi connectivity index (χ0v) is 13.1. The predicted molar refractivity (Wildman–Crippen MR) is 76.6 cm³/mol. The van der Waals surface area contributed by atoms with Crippen molar-refractivity contribution in [3.63, 3.8) is 0 Å². The fourth-order valence-corrected chi connectivity index (χ4v) is 4.32. The summed E-state index contributed by atoms with van der Waals surface area (Å²) in [5.41, 5.74) is 0. The van der Waals surface area contributed by atoms with Gasteiger partial charge in [0.1, 0.15) is 0 Å². The molecule has 1 saturated carbocycles. The van der Waals surface area contributed by atoms with E-state index in [1.807, 2.05) is 6.92 Å². The summed E-state index contributed by atoms with van der Waals surface area (Å²) < 4.78 is 23.4. The van der Waals surface area contributed by atoms with Gasteiger partial charge in [-0.2, -0.15) is 0 Å². The van der Waals surface area contributed by atoms with Crippen LogP contribution in [0.3, 0.4) is 0 Å². The second kappa shape index (κ2) is 7.74. The maximum Gasteiger partial charge on any atom is 0.151 e. The van der Waals surface area contributed by atoms with Crippen molar-refractivity contribution in [2.45, 2.75) is 45.1 Å². The van der Waals surface area contributed by atoms with Crippen LogP contribution in [0.2, 0.25) is 0 Å². The van der Waals surface area contributed by atoms with Gasteiger partial charge in [0.2, 0.25) is 0 Å². The van der Waals surface area contributed by atoms with Crippen molar-refractivity contribution in [2.24, 2.45) is 0 Å². The van der Waals surface area contributed by atoms with Crippen LogP contribution >= 0.6 is 15.9 Å². The first-order valence-corrected chi connectivity index (χ1v) is 9.54. The van der Waals surface area contributed by atoms with E-state index in [-0.39, 0.29) is 0 Å². The zero-order chi connectivity index (χ0) is 12.7. The lowest BCUT2D eigenvalue weighted by Crippen LogP contribution is -2.38. The monoisotopic (exact) mass is 325 g/mol. The van der Waals surface area contributed by atoms with Crippen LogP contribution in [0.1, 0.15) is 39.0 Å². The fourth-order valence-electron chi connectivity index (χ4n) is 2.52. The SMILES string of the molecule is CCCS(=O)(=O)CCN(CCBr)C1CCCC1. The van der Waals surface area contributed by atoms with Crippen molar-refractivity contribution in [1.82, 2.24) is 4.90 Å². The van der Waals surface area contributed by atoms with Crippen LogP contribution in [0.4, 0.5) is 0 Å². The van der Waals surface area contributed by atoms with Gasteiger partial charge in [-0.1, -0.05) is 35.7 Å². The first kappa shape index (κ1) is 15.4. The quantitative estimate of drug-likeness (QED) is 0.643. The summed E-state index contributed by atoms with van der Waals surface area (Å²) in [6.45, 7) is 3.59. The van der Waals surface area contributed by atoms with E-state index in [0.29, 0.717) is 24.1 Å². The molecule has 0 atom stereocenters. The molecule has 0 N–H and O–H groups in total. The zero-order valence-electron chi connectivity index (χ0n) is 10.7. The van der Waals surface area contributed by atoms with Crippen molar-refractivity contribution >= 4 is 25.8 Å². The molecule has 102 valence electrons. The van der Waals surface area contributed by atoms with Crippen LogP contribution in [0.25, 0.3) is 0 Å². The Labute approximate surface area is 114 Å². The van der Waals surface area contributed by atoms with Gasteiger partial charge in [-0.3, -0.25) is 4.90 Å². The third-order valence-corrected chi connectivity index (χ3v) is 5.61. The summed E-state index contributed by atoms with van der Waals surface area (Å²) in [6.07, 6.45) is 5.79.